The van der Waals surface area contributed by atoms with Gasteiger partial charge >= 0.3 is 6.09 Å². The Morgan fingerprint density at radius 3 is 2.48 bits per heavy atom. The van der Waals surface area contributed by atoms with Crippen molar-refractivity contribution in [3.05, 3.63) is 53.1 Å². The number of ether oxygens (including phenoxy) is 3. The molecule has 0 bridgehead atoms. The number of hydrogen-bond acceptors (Lipinski definition) is 4. The van der Waals surface area contributed by atoms with Gasteiger partial charge < -0.3 is 19.1 Å². The maximum atomic E-state index is 11.5. The molecule has 25 heavy (non-hydrogen) atoms. The molecule has 134 valence electrons. The van der Waals surface area contributed by atoms with Crippen LogP contribution in [0.4, 0.5) is 4.79 Å². The molecular weight excluding hydrogens is 342 g/mol. The minimum absolute atomic E-state index is 0.355. The summed E-state index contributed by atoms with van der Waals surface area (Å²) in [6.07, 6.45) is -0.355. The predicted octanol–water partition coefficient (Wildman–Crippen LogP) is 4.91. The summed E-state index contributed by atoms with van der Waals surface area (Å²) in [6, 6.07) is 12.8. The highest BCUT2D eigenvalue weighted by Crippen LogP contribution is 2.28. The summed E-state index contributed by atoms with van der Waals surface area (Å²) in [7, 11) is 1.67. The first-order valence-corrected chi connectivity index (χ1v) is 8.42. The number of amides is 1. The molecule has 0 saturated carbocycles. The quantitative estimate of drug-likeness (QED) is 0.701. The molecule has 0 aliphatic heterocycles. The molecule has 1 amide bonds. The molecule has 5 nitrogen and oxygen atoms in total. The molecule has 0 saturated heterocycles. The summed E-state index contributed by atoms with van der Waals surface area (Å²) in [6.45, 7) is 4.92. The fourth-order valence-electron chi connectivity index (χ4n) is 2.04. The Labute approximate surface area is 153 Å². The summed E-state index contributed by atoms with van der Waals surface area (Å²) in [4.78, 5) is 13.0. The topological polar surface area (TPSA) is 48.0 Å². The molecule has 0 unspecified atom stereocenters. The lowest BCUT2D eigenvalue weighted by atomic mass is 10.2. The van der Waals surface area contributed by atoms with Gasteiger partial charge in [0.25, 0.3) is 0 Å². The fraction of sp³-hybridized carbons (Fsp3) is 0.316. The number of carbonyl (C=O) groups excluding carboxylic acids is 1. The second kappa shape index (κ2) is 9.18. The Kier molecular flexibility index (Phi) is 6.95. The van der Waals surface area contributed by atoms with Gasteiger partial charge in [0.1, 0.15) is 23.9 Å². The van der Waals surface area contributed by atoms with E-state index in [2.05, 4.69) is 0 Å². The first-order valence-electron chi connectivity index (χ1n) is 8.04. The number of nitrogens with zero attached hydrogens (tertiary/aromatic N) is 1. The molecule has 2 aromatic carbocycles. The van der Waals surface area contributed by atoms with Crippen molar-refractivity contribution in [1.82, 2.24) is 4.90 Å². The zero-order valence-corrected chi connectivity index (χ0v) is 15.4. The van der Waals surface area contributed by atoms with Gasteiger partial charge in [-0.2, -0.15) is 0 Å². The second-order valence-electron chi connectivity index (χ2n) is 5.45. The number of halogens is 1. The summed E-state index contributed by atoms with van der Waals surface area (Å²) in [5, 5.41) is 0.631. The number of aryl methyl sites for hydroxylation is 1. The van der Waals surface area contributed by atoms with E-state index in [0.717, 1.165) is 11.3 Å². The van der Waals surface area contributed by atoms with Crippen LogP contribution in [0.1, 0.15) is 12.5 Å². The van der Waals surface area contributed by atoms with Gasteiger partial charge in [-0.1, -0.05) is 17.7 Å². The maximum absolute atomic E-state index is 11.5. The Bertz CT molecular complexity index is 703. The van der Waals surface area contributed by atoms with E-state index in [0.29, 0.717) is 36.3 Å². The normalized spacial score (nSPS) is 10.2. The van der Waals surface area contributed by atoms with Crippen LogP contribution in [0, 0.1) is 6.92 Å². The minimum atomic E-state index is -0.355. The van der Waals surface area contributed by atoms with Crippen LogP contribution in [0.2, 0.25) is 5.02 Å². The number of likely N-dealkylation sites (N-methyl/N-ethyl adjacent to an activating group) is 1. The largest absolute Gasteiger partial charge is 0.492 e. The van der Waals surface area contributed by atoms with Gasteiger partial charge in [0.05, 0.1) is 13.2 Å². The molecule has 0 N–H and O–H groups in total. The van der Waals surface area contributed by atoms with Gasteiger partial charge in [0.15, 0.2) is 0 Å². The van der Waals surface area contributed by atoms with Gasteiger partial charge in [-0.15, -0.1) is 0 Å². The van der Waals surface area contributed by atoms with E-state index in [-0.39, 0.29) is 6.09 Å². The standard InChI is InChI=1S/C19H22ClNO4/c1-4-23-19(22)21(3)11-12-24-16-7-9-17(10-8-16)25-18-13-15(20)6-5-14(18)2/h5-10,13H,4,11-12H2,1-3H3. The SMILES string of the molecule is CCOC(=O)N(C)CCOc1ccc(Oc2cc(Cl)ccc2C)cc1. The van der Waals surface area contributed by atoms with E-state index in [1.807, 2.05) is 43.3 Å². The van der Waals surface area contributed by atoms with Crippen LogP contribution in [-0.2, 0) is 4.74 Å². The highest BCUT2D eigenvalue weighted by molar-refractivity contribution is 6.30. The Morgan fingerprint density at radius 2 is 1.80 bits per heavy atom. The molecular formula is C19H22ClNO4. The number of benzene rings is 2. The van der Waals surface area contributed by atoms with Crippen molar-refractivity contribution in [3.63, 3.8) is 0 Å². The summed E-state index contributed by atoms with van der Waals surface area (Å²) < 4.78 is 16.4. The molecule has 0 atom stereocenters. The second-order valence-corrected chi connectivity index (χ2v) is 5.89. The average molecular weight is 364 g/mol. The van der Waals surface area contributed by atoms with Crippen LogP contribution in [0.25, 0.3) is 0 Å². The van der Waals surface area contributed by atoms with Crippen molar-refractivity contribution >= 4 is 17.7 Å². The molecule has 2 aromatic rings. The van der Waals surface area contributed by atoms with Crippen LogP contribution in [-0.4, -0.2) is 37.8 Å². The van der Waals surface area contributed by atoms with E-state index in [1.165, 1.54) is 4.90 Å². The predicted molar refractivity (Wildman–Crippen MR) is 97.9 cm³/mol. The number of carbonyl (C=O) groups is 1. The smallest absolute Gasteiger partial charge is 0.409 e. The zero-order valence-electron chi connectivity index (χ0n) is 14.6. The highest BCUT2D eigenvalue weighted by Gasteiger charge is 2.08. The third-order valence-electron chi connectivity index (χ3n) is 3.48. The molecule has 0 aliphatic rings. The first-order chi connectivity index (χ1) is 12.0. The summed E-state index contributed by atoms with van der Waals surface area (Å²) >= 11 is 6.00. The minimum Gasteiger partial charge on any atom is -0.492 e. The van der Waals surface area contributed by atoms with Crippen LogP contribution in [0.15, 0.2) is 42.5 Å². The lowest BCUT2D eigenvalue weighted by Gasteiger charge is -2.16. The van der Waals surface area contributed by atoms with E-state index in [1.54, 1.807) is 20.0 Å². The Hall–Kier alpha value is -2.40. The Morgan fingerprint density at radius 1 is 1.12 bits per heavy atom. The van der Waals surface area contributed by atoms with Gasteiger partial charge in [-0.05, 0) is 55.8 Å². The van der Waals surface area contributed by atoms with Crippen molar-refractivity contribution in [2.45, 2.75) is 13.8 Å². The van der Waals surface area contributed by atoms with Crippen molar-refractivity contribution in [1.29, 1.82) is 0 Å². The molecule has 0 spiro atoms. The third kappa shape index (κ3) is 5.87. The highest BCUT2D eigenvalue weighted by atomic mass is 35.5. The number of hydrogen-bond donors (Lipinski definition) is 0. The third-order valence-corrected chi connectivity index (χ3v) is 3.71. The van der Waals surface area contributed by atoms with Gasteiger partial charge in [-0.25, -0.2) is 4.79 Å². The van der Waals surface area contributed by atoms with Crippen molar-refractivity contribution < 1.29 is 19.0 Å². The summed E-state index contributed by atoms with van der Waals surface area (Å²) in [5.74, 6) is 2.12. The summed E-state index contributed by atoms with van der Waals surface area (Å²) in [5.41, 5.74) is 1.01. The lowest BCUT2D eigenvalue weighted by Crippen LogP contribution is -2.31. The van der Waals surface area contributed by atoms with Gasteiger partial charge in [-0.3, -0.25) is 0 Å². The van der Waals surface area contributed by atoms with Gasteiger partial charge in [0.2, 0.25) is 0 Å². The number of rotatable bonds is 7. The maximum Gasteiger partial charge on any atom is 0.409 e. The molecule has 2 rings (SSSR count). The molecule has 0 fully saturated rings. The van der Waals surface area contributed by atoms with Crippen molar-refractivity contribution in [3.8, 4) is 17.2 Å². The van der Waals surface area contributed by atoms with E-state index in [9.17, 15) is 4.79 Å². The van der Waals surface area contributed by atoms with E-state index in [4.69, 9.17) is 25.8 Å². The van der Waals surface area contributed by atoms with Crippen LogP contribution >= 0.6 is 11.6 Å². The first kappa shape index (κ1) is 18.9. The van der Waals surface area contributed by atoms with Crippen LogP contribution < -0.4 is 9.47 Å². The van der Waals surface area contributed by atoms with Gasteiger partial charge in [0, 0.05) is 12.1 Å². The van der Waals surface area contributed by atoms with E-state index >= 15 is 0 Å². The zero-order chi connectivity index (χ0) is 18.2. The van der Waals surface area contributed by atoms with Crippen molar-refractivity contribution in [2.24, 2.45) is 0 Å². The monoisotopic (exact) mass is 363 g/mol. The fourth-order valence-corrected chi connectivity index (χ4v) is 2.20. The average Bonchev–Trinajstić information content (AvgIpc) is 2.59. The van der Waals surface area contributed by atoms with E-state index < -0.39 is 0 Å². The van der Waals surface area contributed by atoms with Crippen LogP contribution in [0.5, 0.6) is 17.2 Å². The molecule has 0 heterocycles. The van der Waals surface area contributed by atoms with Crippen molar-refractivity contribution in [2.75, 3.05) is 26.8 Å². The molecule has 0 aliphatic carbocycles. The molecule has 6 heteroatoms. The lowest BCUT2D eigenvalue weighted by molar-refractivity contribution is 0.110. The molecule has 0 radical (unpaired) electrons. The Balaban J connectivity index is 1.85. The molecule has 0 aromatic heterocycles. The van der Waals surface area contributed by atoms with Crippen LogP contribution in [0.3, 0.4) is 0 Å².